The number of aromatic hydroxyl groups is 1. The molecule has 1 aromatic rings. The number of hydrogen-bond acceptors (Lipinski definition) is 5. The summed E-state index contributed by atoms with van der Waals surface area (Å²) in [6.07, 6.45) is 0.180. The fourth-order valence-corrected chi connectivity index (χ4v) is 2.76. The number of hydrogen-bond donors (Lipinski definition) is 5. The summed E-state index contributed by atoms with van der Waals surface area (Å²) in [6, 6.07) is 5.87. The summed E-state index contributed by atoms with van der Waals surface area (Å²) in [4.78, 5) is 41.7. The van der Waals surface area contributed by atoms with Gasteiger partial charge in [0, 0.05) is 18.2 Å². The standard InChI is InChI=1S/C14H14NO7P/c16-9-3-1-2-8(4-9)5-12(18)14-11(15-23(20,21)22)6-10(17)7-13(14)19/h1-4,7,16,19H,5-6H2,(H3,15,20,21,22). The molecule has 5 N–H and O–H groups in total. The zero-order chi connectivity index (χ0) is 17.2. The molecule has 1 aliphatic carbocycles. The van der Waals surface area contributed by atoms with Crippen LogP contribution < -0.4 is 5.09 Å². The molecule has 23 heavy (non-hydrogen) atoms. The maximum Gasteiger partial charge on any atom is 0.427 e. The van der Waals surface area contributed by atoms with Gasteiger partial charge in [-0.15, -0.1) is 0 Å². The summed E-state index contributed by atoms with van der Waals surface area (Å²) in [5, 5.41) is 21.0. The van der Waals surface area contributed by atoms with Crippen molar-refractivity contribution in [2.75, 3.05) is 0 Å². The predicted octanol–water partition coefficient (Wildman–Crippen LogP) is 0.855. The van der Waals surface area contributed by atoms with E-state index in [0.717, 1.165) is 6.08 Å². The molecule has 0 radical (unpaired) electrons. The van der Waals surface area contributed by atoms with E-state index in [2.05, 4.69) is 0 Å². The number of Topliss-reactive ketones (excluding diaryl/α,β-unsaturated/α-hetero) is 1. The lowest BCUT2D eigenvalue weighted by Crippen LogP contribution is -2.24. The van der Waals surface area contributed by atoms with Gasteiger partial charge in [0.2, 0.25) is 0 Å². The summed E-state index contributed by atoms with van der Waals surface area (Å²) in [5.41, 5.74) is -0.229. The first-order valence-corrected chi connectivity index (χ1v) is 8.09. The first-order chi connectivity index (χ1) is 10.7. The molecule has 0 amide bonds. The molecule has 0 unspecified atom stereocenters. The van der Waals surface area contributed by atoms with Crippen LogP contribution in [-0.2, 0) is 20.6 Å². The van der Waals surface area contributed by atoms with Crippen molar-refractivity contribution in [3.05, 3.63) is 52.9 Å². The third-order valence-corrected chi connectivity index (χ3v) is 3.60. The maximum absolute atomic E-state index is 12.3. The molecule has 0 heterocycles. The van der Waals surface area contributed by atoms with Crippen LogP contribution in [0.2, 0.25) is 0 Å². The Kier molecular flexibility index (Phi) is 4.70. The van der Waals surface area contributed by atoms with E-state index >= 15 is 0 Å². The van der Waals surface area contributed by atoms with Crippen LogP contribution in [0.15, 0.2) is 47.4 Å². The summed E-state index contributed by atoms with van der Waals surface area (Å²) < 4.78 is 11.1. The molecule has 9 heteroatoms. The van der Waals surface area contributed by atoms with Crippen molar-refractivity contribution in [3.8, 4) is 5.75 Å². The van der Waals surface area contributed by atoms with Gasteiger partial charge >= 0.3 is 7.75 Å². The molecule has 0 saturated heterocycles. The van der Waals surface area contributed by atoms with E-state index in [-0.39, 0.29) is 23.4 Å². The fraction of sp³-hybridized carbons (Fsp3) is 0.143. The van der Waals surface area contributed by atoms with Crippen LogP contribution in [0.1, 0.15) is 12.0 Å². The van der Waals surface area contributed by atoms with Crippen LogP contribution in [0.3, 0.4) is 0 Å². The molecule has 0 saturated carbocycles. The lowest BCUT2D eigenvalue weighted by atomic mass is 9.94. The minimum atomic E-state index is -4.75. The number of carbonyl (C=O) groups is 2. The molecule has 0 aliphatic heterocycles. The molecular formula is C14H14NO7P. The SMILES string of the molecule is O=C1C=C(O)C(C(=O)Cc2cccc(O)c2)=C(NP(=O)(O)O)C1. The number of aliphatic hydroxyl groups excluding tert-OH is 1. The van der Waals surface area contributed by atoms with E-state index in [1.54, 1.807) is 11.2 Å². The summed E-state index contributed by atoms with van der Waals surface area (Å²) >= 11 is 0. The first kappa shape index (κ1) is 17.0. The summed E-state index contributed by atoms with van der Waals surface area (Å²) in [7, 11) is -4.75. The van der Waals surface area contributed by atoms with Crippen molar-refractivity contribution in [3.63, 3.8) is 0 Å². The van der Waals surface area contributed by atoms with Crippen molar-refractivity contribution in [1.29, 1.82) is 0 Å². The van der Waals surface area contributed by atoms with E-state index in [0.29, 0.717) is 5.56 Å². The van der Waals surface area contributed by atoms with Crippen LogP contribution in [0.4, 0.5) is 0 Å². The Morgan fingerprint density at radius 1 is 1.26 bits per heavy atom. The number of ketones is 2. The minimum absolute atomic E-state index is 0.0450. The minimum Gasteiger partial charge on any atom is -0.508 e. The zero-order valence-corrected chi connectivity index (χ0v) is 12.7. The Hall–Kier alpha value is -2.41. The topological polar surface area (TPSA) is 144 Å². The van der Waals surface area contributed by atoms with E-state index in [1.807, 2.05) is 0 Å². The normalized spacial score (nSPS) is 15.4. The fourth-order valence-electron chi connectivity index (χ4n) is 2.22. The average Bonchev–Trinajstić information content (AvgIpc) is 2.35. The van der Waals surface area contributed by atoms with Gasteiger partial charge in [-0.1, -0.05) is 12.1 Å². The van der Waals surface area contributed by atoms with E-state index < -0.39 is 31.5 Å². The number of rotatable bonds is 5. The molecule has 0 bridgehead atoms. The van der Waals surface area contributed by atoms with Crippen LogP contribution in [0.5, 0.6) is 5.75 Å². The van der Waals surface area contributed by atoms with E-state index in [9.17, 15) is 24.4 Å². The molecule has 0 spiro atoms. The Labute approximate surface area is 131 Å². The third-order valence-electron chi connectivity index (χ3n) is 3.04. The van der Waals surface area contributed by atoms with Crippen molar-refractivity contribution >= 4 is 19.3 Å². The molecule has 0 atom stereocenters. The average molecular weight is 339 g/mol. The van der Waals surface area contributed by atoms with Gasteiger partial charge < -0.3 is 20.0 Å². The Morgan fingerprint density at radius 3 is 2.57 bits per heavy atom. The molecule has 1 aliphatic rings. The number of phenols is 1. The molecule has 0 fully saturated rings. The highest BCUT2D eigenvalue weighted by molar-refractivity contribution is 7.49. The van der Waals surface area contributed by atoms with Gasteiger partial charge in [0.25, 0.3) is 0 Å². The third kappa shape index (κ3) is 4.53. The first-order valence-electron chi connectivity index (χ1n) is 6.47. The summed E-state index contributed by atoms with van der Waals surface area (Å²) in [6.45, 7) is 0. The summed E-state index contributed by atoms with van der Waals surface area (Å²) in [5.74, 6) is -1.93. The van der Waals surface area contributed by atoms with Gasteiger partial charge in [-0.2, -0.15) is 0 Å². The van der Waals surface area contributed by atoms with Gasteiger partial charge in [-0.05, 0) is 17.7 Å². The van der Waals surface area contributed by atoms with Crippen molar-refractivity contribution in [2.24, 2.45) is 0 Å². The van der Waals surface area contributed by atoms with Crippen molar-refractivity contribution in [2.45, 2.75) is 12.8 Å². The molecule has 0 aromatic heterocycles. The van der Waals surface area contributed by atoms with Gasteiger partial charge in [-0.25, -0.2) is 4.57 Å². The molecule has 8 nitrogen and oxygen atoms in total. The second kappa shape index (κ2) is 6.37. The Morgan fingerprint density at radius 2 is 1.96 bits per heavy atom. The second-order valence-electron chi connectivity index (χ2n) is 4.95. The zero-order valence-electron chi connectivity index (χ0n) is 11.8. The highest BCUT2D eigenvalue weighted by atomic mass is 31.2. The number of benzene rings is 1. The quantitative estimate of drug-likeness (QED) is 0.497. The van der Waals surface area contributed by atoms with E-state index in [1.165, 1.54) is 18.2 Å². The van der Waals surface area contributed by atoms with Gasteiger partial charge in [0.1, 0.15) is 11.5 Å². The van der Waals surface area contributed by atoms with Gasteiger partial charge in [0.05, 0.1) is 12.0 Å². The number of carbonyl (C=O) groups excluding carboxylic acids is 2. The number of allylic oxidation sites excluding steroid dienone is 3. The van der Waals surface area contributed by atoms with Crippen LogP contribution in [-0.4, -0.2) is 31.6 Å². The highest BCUT2D eigenvalue weighted by Crippen LogP contribution is 2.34. The smallest absolute Gasteiger partial charge is 0.427 e. The second-order valence-corrected chi connectivity index (χ2v) is 6.26. The Bertz CT molecular complexity index is 775. The number of nitrogens with one attached hydrogen (secondary N) is 1. The predicted molar refractivity (Wildman–Crippen MR) is 79.4 cm³/mol. The molecule has 122 valence electrons. The van der Waals surface area contributed by atoms with Crippen molar-refractivity contribution < 1.29 is 34.2 Å². The maximum atomic E-state index is 12.3. The van der Waals surface area contributed by atoms with Crippen LogP contribution in [0.25, 0.3) is 0 Å². The Balaban J connectivity index is 2.36. The largest absolute Gasteiger partial charge is 0.508 e. The van der Waals surface area contributed by atoms with Crippen molar-refractivity contribution in [1.82, 2.24) is 5.09 Å². The molecular weight excluding hydrogens is 325 g/mol. The van der Waals surface area contributed by atoms with Crippen LogP contribution >= 0.6 is 7.75 Å². The van der Waals surface area contributed by atoms with Gasteiger partial charge in [0.15, 0.2) is 11.6 Å². The number of aliphatic hydroxyl groups is 1. The number of phenolic OH excluding ortho intramolecular Hbond substituents is 1. The highest BCUT2D eigenvalue weighted by Gasteiger charge is 2.29. The molecule has 2 rings (SSSR count). The van der Waals surface area contributed by atoms with E-state index in [4.69, 9.17) is 9.79 Å². The lowest BCUT2D eigenvalue weighted by Gasteiger charge is -2.19. The van der Waals surface area contributed by atoms with Crippen LogP contribution in [0, 0.1) is 0 Å². The molecule has 1 aromatic carbocycles. The lowest BCUT2D eigenvalue weighted by molar-refractivity contribution is -0.115. The monoisotopic (exact) mass is 339 g/mol. The van der Waals surface area contributed by atoms with Gasteiger partial charge in [-0.3, -0.25) is 14.7 Å².